The van der Waals surface area contributed by atoms with Gasteiger partial charge < -0.3 is 9.47 Å². The molecule has 1 aliphatic heterocycles. The first-order valence-electron chi connectivity index (χ1n) is 12.2. The van der Waals surface area contributed by atoms with Gasteiger partial charge in [-0.15, -0.1) is 0 Å². The molecule has 0 saturated heterocycles. The number of esters is 1. The molecule has 0 saturated carbocycles. The molecule has 4 rings (SSSR count). The number of non-ortho nitro benzene ring substituents is 1. The average molecular weight is 529 g/mol. The molecule has 0 aromatic heterocycles. The molecule has 9 heteroatoms. The lowest BCUT2D eigenvalue weighted by atomic mass is 9.61. The number of nitro benzene ring substituents is 1. The second-order valence-corrected chi connectivity index (χ2v) is 10.1. The summed E-state index contributed by atoms with van der Waals surface area (Å²) in [5, 5.41) is 11.4. The fourth-order valence-electron chi connectivity index (χ4n) is 5.07. The Hall–Kier alpha value is -4.79. The Labute approximate surface area is 225 Å². The van der Waals surface area contributed by atoms with E-state index in [0.717, 1.165) is 4.90 Å². The number of hydrogen-bond donors (Lipinski definition) is 0. The molecule has 1 heterocycles. The summed E-state index contributed by atoms with van der Waals surface area (Å²) in [6.45, 7) is 9.10. The van der Waals surface area contributed by atoms with E-state index in [9.17, 15) is 24.5 Å². The molecule has 39 heavy (non-hydrogen) atoms. The first kappa shape index (κ1) is 27.3. The predicted octanol–water partition coefficient (Wildman–Crippen LogP) is 5.68. The van der Waals surface area contributed by atoms with Crippen LogP contribution in [0.4, 0.5) is 16.2 Å². The number of ether oxygens (including phenoxy) is 2. The summed E-state index contributed by atoms with van der Waals surface area (Å²) in [4.78, 5) is 53.0. The molecule has 0 bridgehead atoms. The van der Waals surface area contributed by atoms with E-state index >= 15 is 0 Å². The monoisotopic (exact) mass is 528 g/mol. The molecule has 1 aliphatic rings. The van der Waals surface area contributed by atoms with Crippen molar-refractivity contribution in [1.29, 1.82) is 0 Å². The molecule has 9 nitrogen and oxygen atoms in total. The number of carbonyl (C=O) groups excluding carboxylic acids is 3. The van der Waals surface area contributed by atoms with Crippen LogP contribution in [0.15, 0.2) is 91.0 Å². The van der Waals surface area contributed by atoms with Crippen molar-refractivity contribution in [3.63, 3.8) is 0 Å². The first-order chi connectivity index (χ1) is 18.4. The standard InChI is InChI=1S/C30H28N2O7/c1-19(26(33)38-5)25(20-15-17-22(18-16-20)32(36)37)30(21-11-7-6-8-12-21)23-13-9-10-14-24(23)31(27(30)34)28(35)39-29(2,3)4/h6-18,25H,1H2,2-5H3. The molecular weight excluding hydrogens is 500 g/mol. The molecule has 3 aromatic carbocycles. The molecule has 0 radical (unpaired) electrons. The Bertz CT molecular complexity index is 1460. The number of hydrogen-bond acceptors (Lipinski definition) is 7. The van der Waals surface area contributed by atoms with Crippen molar-refractivity contribution in [1.82, 2.24) is 0 Å². The van der Waals surface area contributed by atoms with Crippen LogP contribution in [-0.2, 0) is 24.5 Å². The minimum Gasteiger partial charge on any atom is -0.466 e. The van der Waals surface area contributed by atoms with E-state index in [2.05, 4.69) is 6.58 Å². The highest BCUT2D eigenvalue weighted by Crippen LogP contribution is 2.56. The van der Waals surface area contributed by atoms with Gasteiger partial charge in [0.1, 0.15) is 11.0 Å². The summed E-state index contributed by atoms with van der Waals surface area (Å²) in [7, 11) is 1.20. The second kappa shape index (κ2) is 10.2. The van der Waals surface area contributed by atoms with E-state index in [1.54, 1.807) is 75.4 Å². The number of carbonyl (C=O) groups is 3. The molecule has 2 atom stereocenters. The lowest BCUT2D eigenvalue weighted by Crippen LogP contribution is -2.49. The van der Waals surface area contributed by atoms with E-state index in [1.807, 2.05) is 0 Å². The Morgan fingerprint density at radius 3 is 2.13 bits per heavy atom. The zero-order chi connectivity index (χ0) is 28.5. The number of imide groups is 1. The number of amides is 2. The van der Waals surface area contributed by atoms with Gasteiger partial charge in [-0.1, -0.05) is 67.2 Å². The highest BCUT2D eigenvalue weighted by molar-refractivity contribution is 6.23. The number of fused-ring (bicyclic) bond motifs is 1. The van der Waals surface area contributed by atoms with Crippen LogP contribution in [0.5, 0.6) is 0 Å². The van der Waals surface area contributed by atoms with Gasteiger partial charge in [0.2, 0.25) is 0 Å². The number of nitrogens with zero attached hydrogens (tertiary/aromatic N) is 2. The van der Waals surface area contributed by atoms with E-state index < -0.39 is 39.8 Å². The Morgan fingerprint density at radius 1 is 0.974 bits per heavy atom. The van der Waals surface area contributed by atoms with Crippen molar-refractivity contribution in [3.05, 3.63) is 118 Å². The number of nitro groups is 1. The normalized spacial score (nSPS) is 17.2. The zero-order valence-corrected chi connectivity index (χ0v) is 22.0. The summed E-state index contributed by atoms with van der Waals surface area (Å²) in [6, 6.07) is 21.1. The van der Waals surface area contributed by atoms with Crippen LogP contribution in [0, 0.1) is 10.1 Å². The highest BCUT2D eigenvalue weighted by atomic mass is 16.6. The van der Waals surface area contributed by atoms with Gasteiger partial charge in [0.25, 0.3) is 11.6 Å². The number of anilines is 1. The summed E-state index contributed by atoms with van der Waals surface area (Å²) in [6.07, 6.45) is -0.871. The van der Waals surface area contributed by atoms with Gasteiger partial charge in [0, 0.05) is 23.6 Å². The fourth-order valence-corrected chi connectivity index (χ4v) is 5.07. The molecule has 2 unspecified atom stereocenters. The van der Waals surface area contributed by atoms with Gasteiger partial charge in [0.15, 0.2) is 0 Å². The largest absolute Gasteiger partial charge is 0.466 e. The Kier molecular flexibility index (Phi) is 7.10. The summed E-state index contributed by atoms with van der Waals surface area (Å²) < 4.78 is 10.6. The van der Waals surface area contributed by atoms with Crippen LogP contribution in [-0.4, -0.2) is 35.6 Å². The minimum absolute atomic E-state index is 0.0654. The quantitative estimate of drug-likeness (QED) is 0.175. The third-order valence-electron chi connectivity index (χ3n) is 6.58. The maximum absolute atomic E-state index is 14.7. The van der Waals surface area contributed by atoms with Gasteiger partial charge in [-0.05, 0) is 43.5 Å². The van der Waals surface area contributed by atoms with E-state index in [4.69, 9.17) is 9.47 Å². The van der Waals surface area contributed by atoms with E-state index in [0.29, 0.717) is 22.4 Å². The lowest BCUT2D eigenvalue weighted by molar-refractivity contribution is -0.384. The minimum atomic E-state index is -1.67. The smallest absolute Gasteiger partial charge is 0.421 e. The van der Waals surface area contributed by atoms with Crippen LogP contribution in [0.25, 0.3) is 0 Å². The summed E-state index contributed by atoms with van der Waals surface area (Å²) in [5.74, 6) is -2.53. The Morgan fingerprint density at radius 2 is 1.56 bits per heavy atom. The summed E-state index contributed by atoms with van der Waals surface area (Å²) in [5.41, 5.74) is -1.16. The maximum Gasteiger partial charge on any atom is 0.421 e. The third-order valence-corrected chi connectivity index (χ3v) is 6.58. The van der Waals surface area contributed by atoms with Crippen molar-refractivity contribution < 1.29 is 28.8 Å². The third kappa shape index (κ3) is 4.67. The lowest BCUT2D eigenvalue weighted by Gasteiger charge is -2.38. The molecule has 0 N–H and O–H groups in total. The van der Waals surface area contributed by atoms with Crippen LogP contribution in [0.3, 0.4) is 0 Å². The van der Waals surface area contributed by atoms with E-state index in [-0.39, 0.29) is 11.3 Å². The number of para-hydroxylation sites is 1. The summed E-state index contributed by atoms with van der Waals surface area (Å²) >= 11 is 0. The van der Waals surface area contributed by atoms with Crippen molar-refractivity contribution in [2.75, 3.05) is 12.0 Å². The van der Waals surface area contributed by atoms with Crippen molar-refractivity contribution in [3.8, 4) is 0 Å². The molecule has 3 aromatic rings. The molecule has 0 spiro atoms. The van der Waals surface area contributed by atoms with Gasteiger partial charge in [-0.3, -0.25) is 14.9 Å². The first-order valence-corrected chi connectivity index (χ1v) is 12.2. The molecule has 0 aliphatic carbocycles. The molecule has 200 valence electrons. The fraction of sp³-hybridized carbons (Fsp3) is 0.233. The number of methoxy groups -OCH3 is 1. The molecule has 2 amide bonds. The number of benzene rings is 3. The second-order valence-electron chi connectivity index (χ2n) is 10.1. The van der Waals surface area contributed by atoms with Gasteiger partial charge in [-0.25, -0.2) is 14.5 Å². The average Bonchev–Trinajstić information content (AvgIpc) is 3.17. The van der Waals surface area contributed by atoms with Crippen molar-refractivity contribution >= 4 is 29.3 Å². The van der Waals surface area contributed by atoms with Gasteiger partial charge >= 0.3 is 12.1 Å². The van der Waals surface area contributed by atoms with Crippen LogP contribution in [0.1, 0.15) is 43.4 Å². The van der Waals surface area contributed by atoms with E-state index in [1.165, 1.54) is 31.4 Å². The maximum atomic E-state index is 14.7. The van der Waals surface area contributed by atoms with Crippen LogP contribution >= 0.6 is 0 Å². The molecular formula is C30H28N2O7. The van der Waals surface area contributed by atoms with Crippen molar-refractivity contribution in [2.24, 2.45) is 0 Å². The van der Waals surface area contributed by atoms with Gasteiger partial charge in [-0.2, -0.15) is 0 Å². The van der Waals surface area contributed by atoms with Gasteiger partial charge in [0.05, 0.1) is 17.7 Å². The Balaban J connectivity index is 2.08. The van der Waals surface area contributed by atoms with Crippen molar-refractivity contribution in [2.45, 2.75) is 37.7 Å². The zero-order valence-electron chi connectivity index (χ0n) is 22.0. The number of rotatable bonds is 6. The van der Waals surface area contributed by atoms with Crippen LogP contribution in [0.2, 0.25) is 0 Å². The highest BCUT2D eigenvalue weighted by Gasteiger charge is 2.60. The predicted molar refractivity (Wildman–Crippen MR) is 144 cm³/mol. The SMILES string of the molecule is C=C(C(=O)OC)C(c1ccc([N+](=O)[O-])cc1)C1(c2ccccc2)C(=O)N(C(=O)OC(C)(C)C)c2ccccc21. The van der Waals surface area contributed by atoms with Crippen LogP contribution < -0.4 is 4.90 Å². The molecule has 0 fully saturated rings. The topological polar surface area (TPSA) is 116 Å².